The maximum absolute atomic E-state index is 11.7. The highest BCUT2D eigenvalue weighted by Crippen LogP contribution is 2.13. The molecule has 1 aliphatic heterocycles. The number of aromatic nitrogens is 3. The van der Waals surface area contributed by atoms with Gasteiger partial charge >= 0.3 is 0 Å². The van der Waals surface area contributed by atoms with Crippen molar-refractivity contribution in [1.82, 2.24) is 20.1 Å². The van der Waals surface area contributed by atoms with E-state index in [0.29, 0.717) is 12.5 Å². The third kappa shape index (κ3) is 4.17. The lowest BCUT2D eigenvalue weighted by Gasteiger charge is -2.23. The van der Waals surface area contributed by atoms with Crippen LogP contribution in [0.2, 0.25) is 0 Å². The third-order valence-corrected chi connectivity index (χ3v) is 4.61. The van der Waals surface area contributed by atoms with Gasteiger partial charge in [0.2, 0.25) is 15.2 Å². The molecule has 7 nitrogen and oxygen atoms in total. The second-order valence-electron chi connectivity index (χ2n) is 4.02. The molecule has 1 aromatic rings. The van der Waals surface area contributed by atoms with Gasteiger partial charge in [-0.3, -0.25) is 4.72 Å². The highest BCUT2D eigenvalue weighted by atomic mass is 32.2. The molecule has 1 aliphatic rings. The zero-order chi connectivity index (χ0) is 12.1. The van der Waals surface area contributed by atoms with Crippen LogP contribution in [-0.4, -0.2) is 41.6 Å². The summed E-state index contributed by atoms with van der Waals surface area (Å²) in [5.74, 6) is 0.101. The third-order valence-electron chi connectivity index (χ3n) is 2.69. The molecule has 2 N–H and O–H groups in total. The van der Waals surface area contributed by atoms with E-state index in [1.807, 2.05) is 0 Å². The van der Waals surface area contributed by atoms with E-state index in [0.717, 1.165) is 24.5 Å². The molecule has 1 fully saturated rings. The van der Waals surface area contributed by atoms with E-state index in [9.17, 15) is 8.42 Å². The molecule has 9 heteroatoms. The molecular formula is C8H15N5O2S2. The normalized spacial score (nSPS) is 21.3. The van der Waals surface area contributed by atoms with E-state index in [1.165, 1.54) is 12.8 Å². The zero-order valence-electron chi connectivity index (χ0n) is 9.29. The molecule has 2 heterocycles. The molecule has 0 aliphatic carbocycles. The lowest BCUT2D eigenvalue weighted by atomic mass is 10.0. The summed E-state index contributed by atoms with van der Waals surface area (Å²) in [5, 5.41) is 10.4. The van der Waals surface area contributed by atoms with Gasteiger partial charge in [-0.1, -0.05) is 16.0 Å². The molecule has 1 saturated heterocycles. The first-order valence-corrected chi connectivity index (χ1v) is 7.97. The highest BCUT2D eigenvalue weighted by molar-refractivity contribution is 7.92. The van der Waals surface area contributed by atoms with Crippen LogP contribution in [0.4, 0.5) is 5.13 Å². The summed E-state index contributed by atoms with van der Waals surface area (Å²) in [6.45, 7) is 0.985. The number of sulfonamides is 1. The Bertz CT molecular complexity index is 427. The predicted octanol–water partition coefficient (Wildman–Crippen LogP) is 0.207. The Balaban J connectivity index is 1.80. The molecule has 1 atom stereocenters. The minimum atomic E-state index is -3.33. The summed E-state index contributed by atoms with van der Waals surface area (Å²) in [6.07, 6.45) is 4.03. The van der Waals surface area contributed by atoms with Gasteiger partial charge in [0.25, 0.3) is 0 Å². The monoisotopic (exact) mass is 277 g/mol. The van der Waals surface area contributed by atoms with Crippen molar-refractivity contribution in [1.29, 1.82) is 0 Å². The Hall–Kier alpha value is -0.800. The number of piperidine rings is 1. The number of nitrogens with zero attached hydrogens (tertiary/aromatic N) is 3. The Morgan fingerprint density at radius 1 is 1.47 bits per heavy atom. The molecule has 1 unspecified atom stereocenters. The van der Waals surface area contributed by atoms with Gasteiger partial charge in [0.1, 0.15) is 0 Å². The second-order valence-corrected chi connectivity index (χ2v) is 6.60. The molecule has 2 rings (SSSR count). The van der Waals surface area contributed by atoms with Crippen molar-refractivity contribution in [3.8, 4) is 0 Å². The van der Waals surface area contributed by atoms with Crippen molar-refractivity contribution in [2.45, 2.75) is 31.7 Å². The lowest BCUT2D eigenvalue weighted by Crippen LogP contribution is -2.36. The van der Waals surface area contributed by atoms with Crippen LogP contribution in [0.5, 0.6) is 0 Å². The summed E-state index contributed by atoms with van der Waals surface area (Å²) < 4.78 is 29.3. The van der Waals surface area contributed by atoms with Crippen molar-refractivity contribution in [3.63, 3.8) is 0 Å². The average Bonchev–Trinajstić information content (AvgIpc) is 2.80. The average molecular weight is 277 g/mol. The quantitative estimate of drug-likeness (QED) is 0.798. The molecule has 0 amide bonds. The van der Waals surface area contributed by atoms with Gasteiger partial charge in [0.15, 0.2) is 0 Å². The van der Waals surface area contributed by atoms with E-state index >= 15 is 0 Å². The molecule has 96 valence electrons. The molecule has 1 aromatic heterocycles. The molecular weight excluding hydrogens is 262 g/mol. The standard InChI is InChI=1S/C8H15N5O2S2/c14-17(15,11-8-10-12-13-16-8)6-4-7-3-1-2-5-9-7/h7,9H,1-6H2,(H,10,11,13). The van der Waals surface area contributed by atoms with Gasteiger partial charge < -0.3 is 5.32 Å². The number of hydrogen-bond acceptors (Lipinski definition) is 7. The zero-order valence-corrected chi connectivity index (χ0v) is 10.9. The smallest absolute Gasteiger partial charge is 0.238 e. The van der Waals surface area contributed by atoms with Gasteiger partial charge in [0, 0.05) is 17.6 Å². The Labute approximate surface area is 104 Å². The van der Waals surface area contributed by atoms with Gasteiger partial charge in [-0.2, -0.15) is 0 Å². The van der Waals surface area contributed by atoms with Crippen LogP contribution in [0, 0.1) is 0 Å². The Kier molecular flexibility index (Phi) is 4.24. The summed E-state index contributed by atoms with van der Waals surface area (Å²) in [7, 11) is -3.33. The second kappa shape index (κ2) is 5.69. The van der Waals surface area contributed by atoms with Crippen LogP contribution in [0.1, 0.15) is 25.7 Å². The number of anilines is 1. The van der Waals surface area contributed by atoms with E-state index in [-0.39, 0.29) is 10.9 Å². The van der Waals surface area contributed by atoms with Gasteiger partial charge in [0.05, 0.1) is 5.75 Å². The van der Waals surface area contributed by atoms with Gasteiger partial charge in [-0.15, -0.1) is 0 Å². The topological polar surface area (TPSA) is 96.9 Å². The predicted molar refractivity (Wildman–Crippen MR) is 65.4 cm³/mol. The van der Waals surface area contributed by atoms with Crippen LogP contribution < -0.4 is 10.0 Å². The maximum atomic E-state index is 11.7. The first-order valence-electron chi connectivity index (χ1n) is 5.55. The molecule has 0 saturated carbocycles. The van der Waals surface area contributed by atoms with Crippen molar-refractivity contribution in [2.24, 2.45) is 0 Å². The van der Waals surface area contributed by atoms with Crippen LogP contribution in [-0.2, 0) is 10.0 Å². The van der Waals surface area contributed by atoms with Crippen molar-refractivity contribution in [2.75, 3.05) is 17.0 Å². The van der Waals surface area contributed by atoms with Crippen molar-refractivity contribution < 1.29 is 8.42 Å². The molecule has 0 spiro atoms. The largest absolute Gasteiger partial charge is 0.314 e. The number of hydrogen-bond donors (Lipinski definition) is 2. The van der Waals surface area contributed by atoms with Gasteiger partial charge in [-0.25, -0.2) is 8.42 Å². The van der Waals surface area contributed by atoms with Crippen LogP contribution in [0.3, 0.4) is 0 Å². The summed E-state index contributed by atoms with van der Waals surface area (Å²) in [5.41, 5.74) is 0. The molecule has 0 aromatic carbocycles. The first kappa shape index (κ1) is 12.7. The van der Waals surface area contributed by atoms with E-state index in [1.54, 1.807) is 0 Å². The summed E-state index contributed by atoms with van der Waals surface area (Å²) >= 11 is 0.933. The van der Waals surface area contributed by atoms with Crippen molar-refractivity contribution in [3.05, 3.63) is 0 Å². The number of rotatable bonds is 5. The van der Waals surface area contributed by atoms with Crippen molar-refractivity contribution >= 4 is 26.7 Å². The Morgan fingerprint density at radius 3 is 3.00 bits per heavy atom. The van der Waals surface area contributed by atoms with E-state index < -0.39 is 10.0 Å². The minimum Gasteiger partial charge on any atom is -0.314 e. The minimum absolute atomic E-state index is 0.101. The summed E-state index contributed by atoms with van der Waals surface area (Å²) in [4.78, 5) is 0. The number of nitrogens with one attached hydrogen (secondary N) is 2. The Morgan fingerprint density at radius 2 is 2.35 bits per heavy atom. The maximum Gasteiger partial charge on any atom is 0.238 e. The molecule has 0 radical (unpaired) electrons. The fourth-order valence-corrected chi connectivity index (χ4v) is 3.58. The van der Waals surface area contributed by atoms with E-state index in [2.05, 4.69) is 24.8 Å². The fraction of sp³-hybridized carbons (Fsp3) is 0.875. The van der Waals surface area contributed by atoms with E-state index in [4.69, 9.17) is 0 Å². The fourth-order valence-electron chi connectivity index (χ4n) is 1.82. The molecule has 17 heavy (non-hydrogen) atoms. The van der Waals surface area contributed by atoms with Crippen LogP contribution >= 0.6 is 11.5 Å². The molecule has 0 bridgehead atoms. The highest BCUT2D eigenvalue weighted by Gasteiger charge is 2.18. The van der Waals surface area contributed by atoms with Gasteiger partial charge in [-0.05, 0) is 31.0 Å². The first-order chi connectivity index (χ1) is 8.16. The van der Waals surface area contributed by atoms with Crippen LogP contribution in [0.25, 0.3) is 0 Å². The summed E-state index contributed by atoms with van der Waals surface area (Å²) in [6, 6.07) is 0.313. The SMILES string of the molecule is O=S(=O)(CCC1CCCCN1)Nc1nnns1. The lowest BCUT2D eigenvalue weighted by molar-refractivity contribution is 0.393. The van der Waals surface area contributed by atoms with Crippen LogP contribution in [0.15, 0.2) is 0 Å².